The van der Waals surface area contributed by atoms with Gasteiger partial charge in [-0.2, -0.15) is 0 Å². The van der Waals surface area contributed by atoms with Gasteiger partial charge in [0.2, 0.25) is 0 Å². The SMILES string of the molecule is CCCOCC(NN)c1ccnc2ccccc12. The van der Waals surface area contributed by atoms with Crippen LogP contribution in [0.2, 0.25) is 0 Å². The molecule has 3 N–H and O–H groups in total. The zero-order chi connectivity index (χ0) is 12.8. The number of para-hydroxylation sites is 1. The number of aromatic nitrogens is 1. The van der Waals surface area contributed by atoms with E-state index >= 15 is 0 Å². The molecule has 96 valence electrons. The smallest absolute Gasteiger partial charge is 0.0705 e. The number of nitrogens with zero attached hydrogens (tertiary/aromatic N) is 1. The van der Waals surface area contributed by atoms with Crippen LogP contribution in [0.4, 0.5) is 0 Å². The standard InChI is InChI=1S/C14H19N3O/c1-2-9-18-10-14(17-15)12-7-8-16-13-6-4-3-5-11(12)13/h3-8,14,17H,2,9-10,15H2,1H3. The molecule has 18 heavy (non-hydrogen) atoms. The molecule has 0 spiro atoms. The zero-order valence-corrected chi connectivity index (χ0v) is 10.6. The van der Waals surface area contributed by atoms with Crippen molar-refractivity contribution >= 4 is 10.9 Å². The lowest BCUT2D eigenvalue weighted by molar-refractivity contribution is 0.112. The Balaban J connectivity index is 2.27. The minimum absolute atomic E-state index is 0.00977. The minimum Gasteiger partial charge on any atom is -0.379 e. The highest BCUT2D eigenvalue weighted by atomic mass is 16.5. The molecule has 4 nitrogen and oxygen atoms in total. The van der Waals surface area contributed by atoms with Crippen LogP contribution in [-0.4, -0.2) is 18.2 Å². The lowest BCUT2D eigenvalue weighted by Gasteiger charge is -2.18. The van der Waals surface area contributed by atoms with Crippen LogP contribution in [0, 0.1) is 0 Å². The molecule has 0 radical (unpaired) electrons. The number of hydrogen-bond acceptors (Lipinski definition) is 4. The molecule has 0 saturated heterocycles. The molecule has 0 aliphatic carbocycles. The summed E-state index contributed by atoms with van der Waals surface area (Å²) in [4.78, 5) is 4.35. The highest BCUT2D eigenvalue weighted by Gasteiger charge is 2.13. The van der Waals surface area contributed by atoms with E-state index in [0.717, 1.165) is 29.5 Å². The van der Waals surface area contributed by atoms with E-state index in [4.69, 9.17) is 10.6 Å². The number of ether oxygens (including phenoxy) is 1. The predicted octanol–water partition coefficient (Wildman–Crippen LogP) is 2.17. The summed E-state index contributed by atoms with van der Waals surface area (Å²) < 4.78 is 5.58. The molecule has 0 aliphatic rings. The summed E-state index contributed by atoms with van der Waals surface area (Å²) in [5.41, 5.74) is 4.92. The topological polar surface area (TPSA) is 60.2 Å². The normalized spacial score (nSPS) is 12.8. The van der Waals surface area contributed by atoms with Gasteiger partial charge in [0.15, 0.2) is 0 Å². The molecule has 1 heterocycles. The van der Waals surface area contributed by atoms with Gasteiger partial charge in [0.1, 0.15) is 0 Å². The van der Waals surface area contributed by atoms with Gasteiger partial charge in [-0.1, -0.05) is 25.1 Å². The van der Waals surface area contributed by atoms with Crippen LogP contribution in [0.3, 0.4) is 0 Å². The third-order valence-electron chi connectivity index (χ3n) is 2.89. The second-order valence-corrected chi connectivity index (χ2v) is 4.21. The van der Waals surface area contributed by atoms with Gasteiger partial charge >= 0.3 is 0 Å². The second kappa shape index (κ2) is 6.44. The van der Waals surface area contributed by atoms with Gasteiger partial charge in [-0.15, -0.1) is 0 Å². The Labute approximate surface area is 107 Å². The predicted molar refractivity (Wildman–Crippen MR) is 72.9 cm³/mol. The Kier molecular flexibility index (Phi) is 4.64. The molecule has 0 amide bonds. The van der Waals surface area contributed by atoms with Crippen molar-refractivity contribution in [3.63, 3.8) is 0 Å². The van der Waals surface area contributed by atoms with Gasteiger partial charge in [-0.25, -0.2) is 0 Å². The van der Waals surface area contributed by atoms with Gasteiger partial charge in [0.25, 0.3) is 0 Å². The van der Waals surface area contributed by atoms with E-state index in [-0.39, 0.29) is 6.04 Å². The first kappa shape index (κ1) is 13.0. The molecule has 0 bridgehead atoms. The fourth-order valence-corrected chi connectivity index (χ4v) is 2.00. The molecule has 0 aliphatic heterocycles. The average Bonchev–Trinajstić information content (AvgIpc) is 2.43. The largest absolute Gasteiger partial charge is 0.379 e. The van der Waals surface area contributed by atoms with E-state index in [2.05, 4.69) is 23.4 Å². The molecule has 1 unspecified atom stereocenters. The summed E-state index contributed by atoms with van der Waals surface area (Å²) in [5.74, 6) is 5.63. The van der Waals surface area contributed by atoms with Crippen molar-refractivity contribution < 1.29 is 4.74 Å². The molecule has 1 atom stereocenters. The summed E-state index contributed by atoms with van der Waals surface area (Å²) in [7, 11) is 0. The quantitative estimate of drug-likeness (QED) is 0.465. The first-order valence-corrected chi connectivity index (χ1v) is 6.24. The van der Waals surface area contributed by atoms with Gasteiger partial charge < -0.3 is 4.74 Å². The number of hydrazine groups is 1. The molecule has 2 rings (SSSR count). The first-order chi connectivity index (χ1) is 8.86. The summed E-state index contributed by atoms with van der Waals surface area (Å²) in [6, 6.07) is 10.0. The third-order valence-corrected chi connectivity index (χ3v) is 2.89. The van der Waals surface area contributed by atoms with Crippen LogP contribution in [0.1, 0.15) is 24.9 Å². The van der Waals surface area contributed by atoms with Crippen LogP contribution in [0.5, 0.6) is 0 Å². The van der Waals surface area contributed by atoms with Crippen molar-refractivity contribution in [2.24, 2.45) is 5.84 Å². The number of benzene rings is 1. The number of hydrogen-bond donors (Lipinski definition) is 2. The van der Waals surface area contributed by atoms with E-state index in [1.807, 2.05) is 30.5 Å². The van der Waals surface area contributed by atoms with Crippen molar-refractivity contribution in [1.82, 2.24) is 10.4 Å². The number of rotatable bonds is 6. The van der Waals surface area contributed by atoms with E-state index < -0.39 is 0 Å². The van der Waals surface area contributed by atoms with Crippen molar-refractivity contribution in [2.75, 3.05) is 13.2 Å². The number of nitrogens with two attached hydrogens (primary N) is 1. The maximum absolute atomic E-state index is 5.63. The van der Waals surface area contributed by atoms with E-state index in [1.54, 1.807) is 0 Å². The fourth-order valence-electron chi connectivity index (χ4n) is 2.00. The Morgan fingerprint density at radius 3 is 2.94 bits per heavy atom. The van der Waals surface area contributed by atoms with Crippen molar-refractivity contribution in [2.45, 2.75) is 19.4 Å². The second-order valence-electron chi connectivity index (χ2n) is 4.21. The fraction of sp³-hybridized carbons (Fsp3) is 0.357. The molecule has 1 aromatic carbocycles. The summed E-state index contributed by atoms with van der Waals surface area (Å²) in [5, 5.41) is 1.11. The Bertz CT molecular complexity index is 496. The van der Waals surface area contributed by atoms with Gasteiger partial charge in [0, 0.05) is 18.2 Å². The summed E-state index contributed by atoms with van der Waals surface area (Å²) in [6.45, 7) is 3.41. The summed E-state index contributed by atoms with van der Waals surface area (Å²) >= 11 is 0. The van der Waals surface area contributed by atoms with Crippen LogP contribution in [-0.2, 0) is 4.74 Å². The minimum atomic E-state index is -0.00977. The maximum atomic E-state index is 5.63. The number of nitrogens with one attached hydrogen (secondary N) is 1. The van der Waals surface area contributed by atoms with E-state index in [1.165, 1.54) is 0 Å². The van der Waals surface area contributed by atoms with Gasteiger partial charge in [0.05, 0.1) is 18.2 Å². The van der Waals surface area contributed by atoms with Crippen LogP contribution in [0.25, 0.3) is 10.9 Å². The monoisotopic (exact) mass is 245 g/mol. The molecule has 2 aromatic rings. The van der Waals surface area contributed by atoms with Crippen molar-refractivity contribution in [3.8, 4) is 0 Å². The Hall–Kier alpha value is -1.49. The maximum Gasteiger partial charge on any atom is 0.0705 e. The molecular weight excluding hydrogens is 226 g/mol. The molecule has 0 saturated carbocycles. The highest BCUT2D eigenvalue weighted by Crippen LogP contribution is 2.22. The van der Waals surface area contributed by atoms with Crippen molar-refractivity contribution in [3.05, 3.63) is 42.1 Å². The number of pyridine rings is 1. The van der Waals surface area contributed by atoms with Gasteiger partial charge in [-0.05, 0) is 24.1 Å². The zero-order valence-electron chi connectivity index (χ0n) is 10.6. The molecule has 0 fully saturated rings. The average molecular weight is 245 g/mol. The lowest BCUT2D eigenvalue weighted by atomic mass is 10.0. The lowest BCUT2D eigenvalue weighted by Crippen LogP contribution is -2.31. The molecule has 4 heteroatoms. The van der Waals surface area contributed by atoms with Crippen LogP contribution in [0.15, 0.2) is 36.5 Å². The first-order valence-electron chi connectivity index (χ1n) is 6.24. The van der Waals surface area contributed by atoms with Crippen LogP contribution < -0.4 is 11.3 Å². The Morgan fingerprint density at radius 1 is 1.33 bits per heavy atom. The van der Waals surface area contributed by atoms with Crippen LogP contribution >= 0.6 is 0 Å². The number of fused-ring (bicyclic) bond motifs is 1. The van der Waals surface area contributed by atoms with Gasteiger partial charge in [-0.3, -0.25) is 16.3 Å². The molecule has 1 aromatic heterocycles. The Morgan fingerprint density at radius 2 is 2.17 bits per heavy atom. The third kappa shape index (κ3) is 2.85. The van der Waals surface area contributed by atoms with E-state index in [0.29, 0.717) is 6.61 Å². The highest BCUT2D eigenvalue weighted by molar-refractivity contribution is 5.82. The molecular formula is C14H19N3O. The van der Waals surface area contributed by atoms with E-state index in [9.17, 15) is 0 Å². The van der Waals surface area contributed by atoms with Crippen molar-refractivity contribution in [1.29, 1.82) is 0 Å². The summed E-state index contributed by atoms with van der Waals surface area (Å²) in [6.07, 6.45) is 2.82.